The second-order valence-corrected chi connectivity index (χ2v) is 10.0. The zero-order valence-corrected chi connectivity index (χ0v) is 20.3. The summed E-state index contributed by atoms with van der Waals surface area (Å²) in [6, 6.07) is 4.80. The fraction of sp³-hybridized carbons (Fsp3) is 0.500. The number of anilines is 3. The summed E-state index contributed by atoms with van der Waals surface area (Å²) in [5, 5.41) is 6.61. The van der Waals surface area contributed by atoms with Crippen LogP contribution in [-0.4, -0.2) is 44.2 Å². The Morgan fingerprint density at radius 2 is 1.97 bits per heavy atom. The maximum Gasteiger partial charge on any atom is 0.225 e. The molecule has 1 aromatic carbocycles. The minimum absolute atomic E-state index is 0.0155. The molecular weight excluding hydrogens is 473 g/mol. The van der Waals surface area contributed by atoms with Crippen molar-refractivity contribution in [2.45, 2.75) is 57.0 Å². The molecule has 0 unspecified atom stereocenters. The number of nitrogens with one attached hydrogen (secondary N) is 2. The molecule has 2 fully saturated rings. The summed E-state index contributed by atoms with van der Waals surface area (Å²) in [7, 11) is 0. The van der Waals surface area contributed by atoms with Crippen molar-refractivity contribution in [1.82, 2.24) is 19.5 Å². The Morgan fingerprint density at radius 3 is 2.69 bits per heavy atom. The van der Waals surface area contributed by atoms with E-state index in [2.05, 4.69) is 22.5 Å². The first kappa shape index (κ1) is 23.7. The standard InChI is InChI=1S/C24H29ClFN7O2/c1-24(9-11-35-12-10-24)32-22-28-13-18-21(31-22)33(15-7-5-14(6-8-15)20(27)34)23(30-18)29-17-4-2-3-16(25)19(17)26/h2-4,13-15H,5-12H2,1H3,(H2,27,34)(H,29,30)(H,28,31,32)/t14-,15+. The molecule has 0 radical (unpaired) electrons. The number of nitrogens with zero attached hydrogens (tertiary/aromatic N) is 4. The highest BCUT2D eigenvalue weighted by molar-refractivity contribution is 6.31. The number of aromatic nitrogens is 4. The predicted molar refractivity (Wildman–Crippen MR) is 132 cm³/mol. The third-order valence-electron chi connectivity index (χ3n) is 7.10. The first-order valence-corrected chi connectivity index (χ1v) is 12.3. The number of hydrogen-bond acceptors (Lipinski definition) is 7. The molecule has 0 atom stereocenters. The number of imidazole rings is 1. The number of fused-ring (bicyclic) bond motifs is 1. The van der Waals surface area contributed by atoms with Crippen LogP contribution in [-0.2, 0) is 9.53 Å². The number of rotatable bonds is 6. The fourth-order valence-corrected chi connectivity index (χ4v) is 5.12. The minimum Gasteiger partial charge on any atom is -0.381 e. The van der Waals surface area contributed by atoms with Crippen LogP contribution >= 0.6 is 11.6 Å². The van der Waals surface area contributed by atoms with Crippen LogP contribution in [0.4, 0.5) is 22.0 Å². The highest BCUT2D eigenvalue weighted by Gasteiger charge is 2.31. The van der Waals surface area contributed by atoms with E-state index >= 15 is 0 Å². The maximum absolute atomic E-state index is 14.7. The van der Waals surface area contributed by atoms with Crippen molar-refractivity contribution in [3.05, 3.63) is 35.2 Å². The lowest BCUT2D eigenvalue weighted by Gasteiger charge is -2.34. The van der Waals surface area contributed by atoms with Gasteiger partial charge in [0, 0.05) is 30.7 Å². The van der Waals surface area contributed by atoms with Gasteiger partial charge in [-0.1, -0.05) is 17.7 Å². The minimum atomic E-state index is -0.550. The predicted octanol–water partition coefficient (Wildman–Crippen LogP) is 4.56. The first-order chi connectivity index (χ1) is 16.8. The Labute approximate surface area is 207 Å². The molecule has 3 aromatic rings. The second kappa shape index (κ2) is 9.58. The fourth-order valence-electron chi connectivity index (χ4n) is 4.94. The number of amides is 1. The van der Waals surface area contributed by atoms with Crippen molar-refractivity contribution < 1.29 is 13.9 Å². The molecule has 0 bridgehead atoms. The van der Waals surface area contributed by atoms with E-state index in [0.717, 1.165) is 25.7 Å². The highest BCUT2D eigenvalue weighted by Crippen LogP contribution is 2.37. The molecule has 0 spiro atoms. The van der Waals surface area contributed by atoms with E-state index in [0.29, 0.717) is 49.1 Å². The number of primary amides is 1. The van der Waals surface area contributed by atoms with E-state index in [4.69, 9.17) is 32.0 Å². The van der Waals surface area contributed by atoms with Gasteiger partial charge in [0.2, 0.25) is 17.8 Å². The molecule has 1 saturated heterocycles. The average molecular weight is 502 g/mol. The molecule has 186 valence electrons. The SMILES string of the molecule is CC1(Nc2ncc3nc(Nc4cccc(Cl)c4F)n([C@H]4CC[C@@H](C(N)=O)CC4)c3n2)CCOCC1. The van der Waals surface area contributed by atoms with Crippen molar-refractivity contribution in [1.29, 1.82) is 0 Å². The van der Waals surface area contributed by atoms with Crippen LogP contribution in [0, 0.1) is 11.7 Å². The van der Waals surface area contributed by atoms with Gasteiger partial charge in [-0.25, -0.2) is 14.4 Å². The van der Waals surface area contributed by atoms with Crippen LogP contribution in [0.5, 0.6) is 0 Å². The van der Waals surface area contributed by atoms with Gasteiger partial charge in [-0.2, -0.15) is 4.98 Å². The van der Waals surface area contributed by atoms with Crippen LogP contribution < -0.4 is 16.4 Å². The molecule has 9 nitrogen and oxygen atoms in total. The quantitative estimate of drug-likeness (QED) is 0.452. The highest BCUT2D eigenvalue weighted by atomic mass is 35.5. The van der Waals surface area contributed by atoms with Gasteiger partial charge in [0.25, 0.3) is 0 Å². The molecule has 2 aliphatic rings. The lowest BCUT2D eigenvalue weighted by atomic mass is 9.85. The normalized spacial score (nSPS) is 22.1. The zero-order chi connectivity index (χ0) is 24.6. The molecule has 1 aliphatic carbocycles. The van der Waals surface area contributed by atoms with Crippen LogP contribution in [0.1, 0.15) is 51.5 Å². The van der Waals surface area contributed by atoms with Gasteiger partial charge in [0.1, 0.15) is 5.52 Å². The van der Waals surface area contributed by atoms with Gasteiger partial charge in [0.05, 0.1) is 16.9 Å². The monoisotopic (exact) mass is 501 g/mol. The second-order valence-electron chi connectivity index (χ2n) is 9.64. The molecular formula is C24H29ClFN7O2. The summed E-state index contributed by atoms with van der Waals surface area (Å²) in [6.07, 6.45) is 6.20. The summed E-state index contributed by atoms with van der Waals surface area (Å²) in [5.41, 5.74) is 6.84. The summed E-state index contributed by atoms with van der Waals surface area (Å²) >= 11 is 5.99. The Hall–Kier alpha value is -2.98. The van der Waals surface area contributed by atoms with Gasteiger partial charge in [0.15, 0.2) is 11.5 Å². The lowest BCUT2D eigenvalue weighted by Crippen LogP contribution is -2.41. The van der Waals surface area contributed by atoms with Crippen LogP contribution in [0.15, 0.2) is 24.4 Å². The van der Waals surface area contributed by atoms with Crippen molar-refractivity contribution in [2.24, 2.45) is 11.7 Å². The third kappa shape index (κ3) is 4.90. The Balaban J connectivity index is 1.52. The molecule has 4 N–H and O–H groups in total. The number of carbonyl (C=O) groups excluding carboxylic acids is 1. The van der Waals surface area contributed by atoms with E-state index < -0.39 is 5.82 Å². The summed E-state index contributed by atoms with van der Waals surface area (Å²) < 4.78 is 22.2. The zero-order valence-electron chi connectivity index (χ0n) is 19.6. The maximum atomic E-state index is 14.7. The molecule has 1 amide bonds. The number of nitrogens with two attached hydrogens (primary N) is 1. The Morgan fingerprint density at radius 1 is 1.23 bits per heavy atom. The molecule has 1 aliphatic heterocycles. The van der Waals surface area contributed by atoms with E-state index in [1.54, 1.807) is 18.3 Å². The number of ether oxygens (including phenoxy) is 1. The van der Waals surface area contributed by atoms with Crippen molar-refractivity contribution >= 4 is 46.3 Å². The van der Waals surface area contributed by atoms with Gasteiger partial charge in [-0.15, -0.1) is 0 Å². The topological polar surface area (TPSA) is 120 Å². The van der Waals surface area contributed by atoms with Gasteiger partial charge < -0.3 is 21.1 Å². The Kier molecular flexibility index (Phi) is 6.50. The van der Waals surface area contributed by atoms with Crippen LogP contribution in [0.3, 0.4) is 0 Å². The van der Waals surface area contributed by atoms with E-state index in [1.165, 1.54) is 6.07 Å². The van der Waals surface area contributed by atoms with Gasteiger partial charge in [-0.3, -0.25) is 9.36 Å². The number of benzene rings is 1. The van der Waals surface area contributed by atoms with Gasteiger partial charge >= 0.3 is 0 Å². The van der Waals surface area contributed by atoms with Crippen molar-refractivity contribution in [3.8, 4) is 0 Å². The summed E-state index contributed by atoms with van der Waals surface area (Å²) in [4.78, 5) is 25.7. The molecule has 11 heteroatoms. The Bertz CT molecular complexity index is 1240. The molecule has 35 heavy (non-hydrogen) atoms. The molecule has 2 aromatic heterocycles. The molecule has 5 rings (SSSR count). The van der Waals surface area contributed by atoms with Crippen molar-refractivity contribution in [2.75, 3.05) is 23.8 Å². The molecule has 1 saturated carbocycles. The summed E-state index contributed by atoms with van der Waals surface area (Å²) in [5.74, 6) is 0.00724. The number of halogens is 2. The van der Waals surface area contributed by atoms with E-state index in [-0.39, 0.29) is 34.1 Å². The lowest BCUT2D eigenvalue weighted by molar-refractivity contribution is -0.122. The van der Waals surface area contributed by atoms with Crippen LogP contribution in [0.25, 0.3) is 11.2 Å². The van der Waals surface area contributed by atoms with Crippen LogP contribution in [0.2, 0.25) is 5.02 Å². The first-order valence-electron chi connectivity index (χ1n) is 11.9. The van der Waals surface area contributed by atoms with E-state index in [1.807, 2.05) is 4.57 Å². The molecule has 3 heterocycles. The third-order valence-corrected chi connectivity index (χ3v) is 7.40. The van der Waals surface area contributed by atoms with Crippen molar-refractivity contribution in [3.63, 3.8) is 0 Å². The van der Waals surface area contributed by atoms with Gasteiger partial charge in [-0.05, 0) is 57.6 Å². The van der Waals surface area contributed by atoms with E-state index in [9.17, 15) is 9.18 Å². The summed E-state index contributed by atoms with van der Waals surface area (Å²) in [6.45, 7) is 3.51. The largest absolute Gasteiger partial charge is 0.381 e. The number of carbonyl (C=O) groups is 1. The average Bonchev–Trinajstić information content (AvgIpc) is 3.19. The number of hydrogen-bond donors (Lipinski definition) is 3. The smallest absolute Gasteiger partial charge is 0.225 e.